The zero-order valence-corrected chi connectivity index (χ0v) is 25.1. The molecule has 3 amide bonds. The van der Waals surface area contributed by atoms with Crippen LogP contribution < -0.4 is 10.4 Å². The maximum Gasteiger partial charge on any atom is 0.410 e. The van der Waals surface area contributed by atoms with Gasteiger partial charge in [0.25, 0.3) is 5.91 Å². The second-order valence-corrected chi connectivity index (χ2v) is 14.1. The molecule has 1 unspecified atom stereocenters. The Kier molecular flexibility index (Phi) is 9.28. The number of hydrogen-bond acceptors (Lipinski definition) is 7. The van der Waals surface area contributed by atoms with Crippen LogP contribution in [0.2, 0.25) is 0 Å². The first-order valence-corrected chi connectivity index (χ1v) is 15.3. The highest BCUT2D eigenvalue weighted by Gasteiger charge is 2.48. The Bertz CT molecular complexity index is 1190. The molecule has 3 aliphatic rings. The van der Waals surface area contributed by atoms with E-state index in [0.717, 1.165) is 49.2 Å². The van der Waals surface area contributed by atoms with Crippen LogP contribution in [0.1, 0.15) is 52.9 Å². The monoisotopic (exact) mass is 586 g/mol. The Morgan fingerprint density at radius 3 is 2.05 bits per heavy atom. The number of piperidine rings is 3. The molecule has 224 valence electrons. The Labute approximate surface area is 244 Å². The highest BCUT2D eigenvalue weighted by molar-refractivity contribution is 7.87. The number of nitrogens with one attached hydrogen (secondary N) is 1. The van der Waals surface area contributed by atoms with Crippen molar-refractivity contribution in [1.82, 2.24) is 15.3 Å². The lowest BCUT2D eigenvalue weighted by Gasteiger charge is -2.39. The number of ether oxygens (including phenoxy) is 1. The van der Waals surface area contributed by atoms with Crippen molar-refractivity contribution in [1.29, 1.82) is 0 Å². The van der Waals surface area contributed by atoms with Gasteiger partial charge in [-0.25, -0.2) is 10.3 Å². The summed E-state index contributed by atoms with van der Waals surface area (Å²) in [7, 11) is -1.77. The maximum absolute atomic E-state index is 13.8. The molecule has 1 aromatic rings. The quantitative estimate of drug-likeness (QED) is 0.307. The summed E-state index contributed by atoms with van der Waals surface area (Å²) < 4.78 is 17.8. The van der Waals surface area contributed by atoms with Gasteiger partial charge >= 0.3 is 6.09 Å². The number of amides is 3. The van der Waals surface area contributed by atoms with Crippen LogP contribution in [0, 0.1) is 5.92 Å². The lowest BCUT2D eigenvalue weighted by molar-refractivity contribution is -0.135. The zero-order chi connectivity index (χ0) is 29.9. The molecule has 0 spiro atoms. The molecule has 41 heavy (non-hydrogen) atoms. The Hall–Kier alpha value is -3.18. The van der Waals surface area contributed by atoms with E-state index in [-0.39, 0.29) is 37.8 Å². The average molecular weight is 587 g/mol. The summed E-state index contributed by atoms with van der Waals surface area (Å²) in [5, 5.41) is 9.48. The van der Waals surface area contributed by atoms with Gasteiger partial charge in [-0.05, 0) is 77.1 Å². The van der Waals surface area contributed by atoms with Crippen molar-refractivity contribution in [3.63, 3.8) is 0 Å². The van der Waals surface area contributed by atoms with Crippen LogP contribution >= 0.6 is 0 Å². The van der Waals surface area contributed by atoms with Gasteiger partial charge in [-0.2, -0.15) is 0 Å². The molecule has 0 aromatic heterocycles. The second kappa shape index (κ2) is 12.4. The molecule has 0 bridgehead atoms. The van der Waals surface area contributed by atoms with E-state index in [4.69, 9.17) is 4.74 Å². The molecular weight excluding hydrogens is 544 g/mol. The third-order valence-electron chi connectivity index (χ3n) is 7.99. The molecule has 0 radical (unpaired) electrons. The van der Waals surface area contributed by atoms with Crippen molar-refractivity contribution in [2.75, 3.05) is 44.2 Å². The van der Waals surface area contributed by atoms with Gasteiger partial charge in [0.15, 0.2) is 0 Å². The van der Waals surface area contributed by atoms with Gasteiger partial charge in [-0.3, -0.25) is 19.0 Å². The molecule has 1 aromatic carbocycles. The molecule has 3 heterocycles. The van der Waals surface area contributed by atoms with Gasteiger partial charge in [0.2, 0.25) is 5.91 Å². The Balaban J connectivity index is 1.38. The molecular formula is C30H42N4O6S. The van der Waals surface area contributed by atoms with E-state index in [9.17, 15) is 23.8 Å². The van der Waals surface area contributed by atoms with E-state index < -0.39 is 33.1 Å². The molecule has 1 atom stereocenters. The Morgan fingerprint density at radius 2 is 1.54 bits per heavy atom. The summed E-state index contributed by atoms with van der Waals surface area (Å²) in [6.07, 6.45) is 2.03. The van der Waals surface area contributed by atoms with Crippen LogP contribution in [0.3, 0.4) is 0 Å². The number of nitrogens with zero attached hydrogens (tertiary/aromatic N) is 3. The minimum atomic E-state index is -1.77. The zero-order valence-electron chi connectivity index (χ0n) is 24.3. The molecule has 11 heteroatoms. The fourth-order valence-corrected chi connectivity index (χ4v) is 7.44. The number of hydrogen-bond donors (Lipinski definition) is 2. The third kappa shape index (κ3) is 7.01. The summed E-state index contributed by atoms with van der Waals surface area (Å²) >= 11 is 0. The van der Waals surface area contributed by atoms with Crippen LogP contribution in [0.4, 0.5) is 10.5 Å². The van der Waals surface area contributed by atoms with E-state index >= 15 is 0 Å². The fourth-order valence-electron chi connectivity index (χ4n) is 5.84. The van der Waals surface area contributed by atoms with Crippen molar-refractivity contribution in [3.05, 3.63) is 48.6 Å². The average Bonchev–Trinajstić information content (AvgIpc) is 2.94. The number of benzene rings is 1. The first-order chi connectivity index (χ1) is 19.3. The third-order valence-corrected chi connectivity index (χ3v) is 10.00. The van der Waals surface area contributed by atoms with Crippen molar-refractivity contribution < 1.29 is 28.5 Å². The minimum absolute atomic E-state index is 0.0277. The second-order valence-electron chi connectivity index (χ2n) is 12.3. The van der Waals surface area contributed by atoms with E-state index in [1.807, 2.05) is 17.0 Å². The standard InChI is InChI=1S/C30H42N4O6S/c1-21-18-22(2)20-34(19-21)26(35)23-10-14-32(15-11-23)24-6-8-25(9-7-24)41(39)30(27(36)31-38)12-16-33(17-13-30)28(37)40-29(3,4)5/h6-9,23,38H,1-2,10-20H2,3-5H3,(H,31,36). The molecule has 3 aliphatic heterocycles. The van der Waals surface area contributed by atoms with Crippen LogP contribution in [0.5, 0.6) is 0 Å². The Morgan fingerprint density at radius 1 is 0.976 bits per heavy atom. The smallest absolute Gasteiger partial charge is 0.410 e. The van der Waals surface area contributed by atoms with Gasteiger partial charge in [0.1, 0.15) is 10.3 Å². The summed E-state index contributed by atoms with van der Waals surface area (Å²) in [4.78, 5) is 44.5. The van der Waals surface area contributed by atoms with Gasteiger partial charge in [0, 0.05) is 55.8 Å². The fraction of sp³-hybridized carbons (Fsp3) is 0.567. The SMILES string of the molecule is C=C1CC(=C)CN(C(=O)C2CCN(c3ccc(S(=O)C4(C(=O)NO)CCN(C(=O)OC(C)(C)C)CC4)cc3)CC2)C1. The van der Waals surface area contributed by atoms with Crippen molar-refractivity contribution >= 4 is 34.4 Å². The summed E-state index contributed by atoms with van der Waals surface area (Å²) in [6.45, 7) is 16.5. The van der Waals surface area contributed by atoms with E-state index in [0.29, 0.717) is 18.0 Å². The molecule has 3 saturated heterocycles. The molecule has 2 N–H and O–H groups in total. The summed E-state index contributed by atoms with van der Waals surface area (Å²) in [5.41, 5.74) is 4.05. The largest absolute Gasteiger partial charge is 0.444 e. The van der Waals surface area contributed by atoms with E-state index in [2.05, 4.69) is 18.1 Å². The predicted octanol–water partition coefficient (Wildman–Crippen LogP) is 3.63. The van der Waals surface area contributed by atoms with Gasteiger partial charge in [0.05, 0.1) is 10.8 Å². The predicted molar refractivity (Wildman–Crippen MR) is 157 cm³/mol. The van der Waals surface area contributed by atoms with Gasteiger partial charge in [-0.15, -0.1) is 0 Å². The number of likely N-dealkylation sites (tertiary alicyclic amines) is 2. The summed E-state index contributed by atoms with van der Waals surface area (Å²) in [6, 6.07) is 7.27. The topological polar surface area (TPSA) is 119 Å². The van der Waals surface area contributed by atoms with Crippen LogP contribution in [0.25, 0.3) is 0 Å². The first kappa shape index (κ1) is 30.8. The van der Waals surface area contributed by atoms with Crippen molar-refractivity contribution in [2.24, 2.45) is 5.92 Å². The van der Waals surface area contributed by atoms with Crippen LogP contribution in [-0.4, -0.2) is 86.7 Å². The number of anilines is 1. The van der Waals surface area contributed by atoms with Gasteiger partial charge in [-0.1, -0.05) is 24.3 Å². The number of hydroxylamine groups is 1. The molecule has 0 aliphatic carbocycles. The van der Waals surface area contributed by atoms with Gasteiger partial charge < -0.3 is 19.4 Å². The number of carbonyl (C=O) groups is 3. The molecule has 3 fully saturated rings. The lowest BCUT2D eigenvalue weighted by atomic mass is 9.93. The van der Waals surface area contributed by atoms with E-state index in [1.54, 1.807) is 38.4 Å². The van der Waals surface area contributed by atoms with Crippen LogP contribution in [0.15, 0.2) is 53.5 Å². The molecule has 0 saturated carbocycles. The highest BCUT2D eigenvalue weighted by atomic mass is 32.2. The summed E-state index contributed by atoms with van der Waals surface area (Å²) in [5.74, 6) is -0.584. The maximum atomic E-state index is 13.8. The van der Waals surface area contributed by atoms with Crippen molar-refractivity contribution in [2.45, 2.75) is 68.1 Å². The van der Waals surface area contributed by atoms with Crippen LogP contribution in [-0.2, 0) is 25.1 Å². The number of carbonyl (C=O) groups excluding carboxylic acids is 3. The van der Waals surface area contributed by atoms with Crippen molar-refractivity contribution in [3.8, 4) is 0 Å². The molecule has 4 rings (SSSR count). The first-order valence-electron chi connectivity index (χ1n) is 14.1. The van der Waals surface area contributed by atoms with E-state index in [1.165, 1.54) is 4.90 Å². The normalized spacial score (nSPS) is 20.9. The minimum Gasteiger partial charge on any atom is -0.444 e. The lowest BCUT2D eigenvalue weighted by Crippen LogP contribution is -2.57. The highest BCUT2D eigenvalue weighted by Crippen LogP contribution is 2.35. The molecule has 10 nitrogen and oxygen atoms in total. The number of rotatable bonds is 5.